The zero-order valence-electron chi connectivity index (χ0n) is 12.9. The van der Waals surface area contributed by atoms with E-state index >= 15 is 0 Å². The lowest BCUT2D eigenvalue weighted by Crippen LogP contribution is -2.38. The number of nitrogens with zero attached hydrogens (tertiary/aromatic N) is 1. The molecule has 0 fully saturated rings. The van der Waals surface area contributed by atoms with Gasteiger partial charge in [-0.15, -0.1) is 0 Å². The number of hydrogen-bond donors (Lipinski definition) is 1. The van der Waals surface area contributed by atoms with Gasteiger partial charge in [0.25, 0.3) is 0 Å². The maximum Gasteiger partial charge on any atom is 0.317 e. The van der Waals surface area contributed by atoms with Crippen molar-refractivity contribution in [2.75, 3.05) is 7.05 Å². The predicted octanol–water partition coefficient (Wildman–Crippen LogP) is 3.79. The van der Waals surface area contributed by atoms with Crippen LogP contribution in [0.25, 0.3) is 0 Å². The zero-order valence-corrected chi connectivity index (χ0v) is 12.9. The van der Waals surface area contributed by atoms with Gasteiger partial charge in [-0.05, 0) is 47.7 Å². The minimum atomic E-state index is -0.323. The predicted molar refractivity (Wildman–Crippen MR) is 83.9 cm³/mol. The van der Waals surface area contributed by atoms with Crippen LogP contribution in [0.1, 0.15) is 29.2 Å². The lowest BCUT2D eigenvalue weighted by atomic mass is 10.1. The van der Waals surface area contributed by atoms with Crippen LogP contribution in [-0.4, -0.2) is 18.0 Å². The molecule has 1 aliphatic rings. The highest BCUT2D eigenvalue weighted by Gasteiger charge is 2.26. The molecule has 3 nitrogen and oxygen atoms in total. The summed E-state index contributed by atoms with van der Waals surface area (Å²) in [5, 5.41) is 2.92. The summed E-state index contributed by atoms with van der Waals surface area (Å²) in [5.74, 6) is -0.538. The molecule has 2 aromatic carbocycles. The summed E-state index contributed by atoms with van der Waals surface area (Å²) in [6.45, 7) is 0.312. The first-order valence-corrected chi connectivity index (χ1v) is 7.58. The third-order valence-corrected chi connectivity index (χ3v) is 4.17. The molecule has 0 saturated carbocycles. The Morgan fingerprint density at radius 2 is 2.04 bits per heavy atom. The third kappa shape index (κ3) is 3.33. The van der Waals surface area contributed by atoms with E-state index in [0.29, 0.717) is 24.9 Å². The first-order valence-electron chi connectivity index (χ1n) is 7.58. The summed E-state index contributed by atoms with van der Waals surface area (Å²) in [7, 11) is 1.65. The molecule has 1 unspecified atom stereocenters. The molecule has 120 valence electrons. The number of nitrogens with one attached hydrogen (secondary N) is 1. The maximum atomic E-state index is 13.7. The van der Waals surface area contributed by atoms with Crippen molar-refractivity contribution < 1.29 is 13.6 Å². The van der Waals surface area contributed by atoms with Crippen LogP contribution in [0.4, 0.5) is 13.6 Å². The highest BCUT2D eigenvalue weighted by atomic mass is 19.1. The molecule has 1 aliphatic carbocycles. The van der Waals surface area contributed by atoms with Crippen LogP contribution in [0.3, 0.4) is 0 Å². The average Bonchev–Trinajstić information content (AvgIpc) is 2.92. The molecule has 1 atom stereocenters. The van der Waals surface area contributed by atoms with E-state index in [0.717, 1.165) is 11.1 Å². The normalized spacial score (nSPS) is 16.0. The molecule has 0 heterocycles. The molecule has 2 amide bonds. The molecule has 0 spiro atoms. The number of amides is 2. The zero-order chi connectivity index (χ0) is 16.4. The Morgan fingerprint density at radius 3 is 2.83 bits per heavy atom. The van der Waals surface area contributed by atoms with Crippen LogP contribution in [-0.2, 0) is 13.0 Å². The van der Waals surface area contributed by atoms with Gasteiger partial charge < -0.3 is 10.2 Å². The summed E-state index contributed by atoms with van der Waals surface area (Å²) in [5.41, 5.74) is 2.25. The lowest BCUT2D eigenvalue weighted by molar-refractivity contribution is 0.202. The van der Waals surface area contributed by atoms with Gasteiger partial charge in [0.05, 0.1) is 6.04 Å². The van der Waals surface area contributed by atoms with Crippen LogP contribution < -0.4 is 5.32 Å². The van der Waals surface area contributed by atoms with Gasteiger partial charge >= 0.3 is 6.03 Å². The van der Waals surface area contributed by atoms with Gasteiger partial charge in [-0.3, -0.25) is 0 Å². The number of fused-ring (bicyclic) bond motifs is 1. The molecule has 0 bridgehead atoms. The van der Waals surface area contributed by atoms with Crippen molar-refractivity contribution in [3.8, 4) is 0 Å². The van der Waals surface area contributed by atoms with Gasteiger partial charge in [0.2, 0.25) is 0 Å². The molecule has 0 aliphatic heterocycles. The van der Waals surface area contributed by atoms with Gasteiger partial charge in [-0.2, -0.15) is 0 Å². The number of rotatable bonds is 3. The van der Waals surface area contributed by atoms with E-state index in [1.165, 1.54) is 23.1 Å². The van der Waals surface area contributed by atoms with Gasteiger partial charge in [0, 0.05) is 13.6 Å². The van der Waals surface area contributed by atoms with E-state index in [1.54, 1.807) is 25.2 Å². The first-order chi connectivity index (χ1) is 11.0. The monoisotopic (exact) mass is 316 g/mol. The van der Waals surface area contributed by atoms with E-state index < -0.39 is 0 Å². The van der Waals surface area contributed by atoms with Crippen molar-refractivity contribution >= 4 is 6.03 Å². The van der Waals surface area contributed by atoms with Crippen molar-refractivity contribution in [1.82, 2.24) is 10.2 Å². The summed E-state index contributed by atoms with van der Waals surface area (Å²) < 4.78 is 26.9. The second-order valence-electron chi connectivity index (χ2n) is 5.83. The fourth-order valence-electron chi connectivity index (χ4n) is 3.00. The van der Waals surface area contributed by atoms with Crippen molar-refractivity contribution in [3.63, 3.8) is 0 Å². The second kappa shape index (κ2) is 6.36. The van der Waals surface area contributed by atoms with Crippen molar-refractivity contribution in [1.29, 1.82) is 0 Å². The summed E-state index contributed by atoms with van der Waals surface area (Å²) in [6.07, 6.45) is 1.32. The lowest BCUT2D eigenvalue weighted by Gasteiger charge is -2.22. The van der Waals surface area contributed by atoms with Crippen LogP contribution in [0.2, 0.25) is 0 Å². The molecule has 5 heteroatoms. The molecule has 0 radical (unpaired) electrons. The Kier molecular flexibility index (Phi) is 4.28. The number of urea groups is 1. The Labute approximate surface area is 133 Å². The number of carbonyl (C=O) groups is 1. The van der Waals surface area contributed by atoms with Crippen LogP contribution in [0, 0.1) is 11.6 Å². The van der Waals surface area contributed by atoms with E-state index in [-0.39, 0.29) is 23.7 Å². The van der Waals surface area contributed by atoms with E-state index in [4.69, 9.17) is 0 Å². The Bertz CT molecular complexity index is 733. The number of benzene rings is 2. The summed E-state index contributed by atoms with van der Waals surface area (Å²) in [4.78, 5) is 13.8. The molecule has 23 heavy (non-hydrogen) atoms. The van der Waals surface area contributed by atoms with Crippen molar-refractivity contribution in [2.24, 2.45) is 0 Å². The fourth-order valence-corrected chi connectivity index (χ4v) is 3.00. The smallest absolute Gasteiger partial charge is 0.317 e. The molecular formula is C18H18F2N2O. The highest BCUT2D eigenvalue weighted by Crippen LogP contribution is 2.32. The van der Waals surface area contributed by atoms with Gasteiger partial charge in [0.15, 0.2) is 0 Å². The van der Waals surface area contributed by atoms with Crippen LogP contribution in [0.15, 0.2) is 42.5 Å². The average molecular weight is 316 g/mol. The molecule has 3 rings (SSSR count). The molecule has 0 saturated heterocycles. The molecule has 1 N–H and O–H groups in total. The van der Waals surface area contributed by atoms with Crippen molar-refractivity contribution in [2.45, 2.75) is 25.4 Å². The fraction of sp³-hybridized carbons (Fsp3) is 0.278. The second-order valence-corrected chi connectivity index (χ2v) is 5.83. The number of hydrogen-bond acceptors (Lipinski definition) is 1. The van der Waals surface area contributed by atoms with Gasteiger partial charge in [-0.1, -0.05) is 24.3 Å². The maximum absolute atomic E-state index is 13.7. The van der Waals surface area contributed by atoms with Crippen molar-refractivity contribution in [3.05, 3.63) is 70.8 Å². The Morgan fingerprint density at radius 1 is 1.26 bits per heavy atom. The van der Waals surface area contributed by atoms with Crippen LogP contribution in [0.5, 0.6) is 0 Å². The number of halogens is 2. The summed E-state index contributed by atoms with van der Waals surface area (Å²) in [6, 6.07) is 10.7. The Balaban J connectivity index is 1.65. The van der Waals surface area contributed by atoms with E-state index in [1.807, 2.05) is 6.07 Å². The third-order valence-electron chi connectivity index (χ3n) is 4.17. The quantitative estimate of drug-likeness (QED) is 0.918. The van der Waals surface area contributed by atoms with Gasteiger partial charge in [0.1, 0.15) is 11.6 Å². The van der Waals surface area contributed by atoms with Crippen LogP contribution >= 0.6 is 0 Å². The molecule has 2 aromatic rings. The topological polar surface area (TPSA) is 32.3 Å². The van der Waals surface area contributed by atoms with E-state index in [9.17, 15) is 13.6 Å². The molecule has 0 aromatic heterocycles. The minimum absolute atomic E-state index is 0.178. The first kappa shape index (κ1) is 15.5. The largest absolute Gasteiger partial charge is 0.331 e. The standard InChI is InChI=1S/C18H18F2N2O/c1-22(11-12-4-2-5-13(19)10-12)18(23)21-17-9-8-14-15(17)6-3-7-16(14)20/h2-7,10,17H,8-9,11H2,1H3,(H,21,23). The Hall–Kier alpha value is -2.43. The van der Waals surface area contributed by atoms with E-state index in [2.05, 4.69) is 5.32 Å². The minimum Gasteiger partial charge on any atom is -0.331 e. The SMILES string of the molecule is CN(Cc1cccc(F)c1)C(=O)NC1CCc2c(F)cccc21. The summed E-state index contributed by atoms with van der Waals surface area (Å²) >= 11 is 0. The molecular weight excluding hydrogens is 298 g/mol. The number of carbonyl (C=O) groups excluding carboxylic acids is 1. The highest BCUT2D eigenvalue weighted by molar-refractivity contribution is 5.74. The van der Waals surface area contributed by atoms with Gasteiger partial charge in [-0.25, -0.2) is 13.6 Å².